The number of rotatable bonds is 10. The summed E-state index contributed by atoms with van der Waals surface area (Å²) in [5.41, 5.74) is -0.143. The van der Waals surface area contributed by atoms with Crippen LogP contribution in [-0.4, -0.2) is 81.6 Å². The van der Waals surface area contributed by atoms with Crippen LogP contribution in [0.5, 0.6) is 0 Å². The summed E-state index contributed by atoms with van der Waals surface area (Å²) in [5, 5.41) is 0. The summed E-state index contributed by atoms with van der Waals surface area (Å²) in [6, 6.07) is 7.03. The molecule has 0 radical (unpaired) electrons. The summed E-state index contributed by atoms with van der Waals surface area (Å²) in [4.78, 5) is 2.34. The molecule has 2 aliphatic rings. The van der Waals surface area contributed by atoms with Gasteiger partial charge in [-0.2, -0.15) is 30.6 Å². The molecule has 1 aromatic heterocycles. The zero-order chi connectivity index (χ0) is 35.9. The van der Waals surface area contributed by atoms with Crippen LogP contribution in [0.15, 0.2) is 59.3 Å². The fraction of sp³-hybridized carbons (Fsp3) is 0.433. The van der Waals surface area contributed by atoms with E-state index < -0.39 is 50.4 Å². The molecule has 11 nitrogen and oxygen atoms in total. The van der Waals surface area contributed by atoms with Gasteiger partial charge >= 0.3 is 12.4 Å². The molecule has 3 aromatic rings. The summed E-state index contributed by atoms with van der Waals surface area (Å²) in [7, 11) is -7.10. The van der Waals surface area contributed by atoms with Gasteiger partial charge in [-0.25, -0.2) is 26.0 Å². The number of imidazole rings is 1. The zero-order valence-electron chi connectivity index (χ0n) is 26.3. The average Bonchev–Trinajstić information content (AvgIpc) is 3.45. The number of halogens is 6. The van der Waals surface area contributed by atoms with E-state index >= 15 is 0 Å². The predicted molar refractivity (Wildman–Crippen MR) is 167 cm³/mol. The Kier molecular flexibility index (Phi) is 10.1. The van der Waals surface area contributed by atoms with Crippen molar-refractivity contribution in [2.75, 3.05) is 54.9 Å². The summed E-state index contributed by atoms with van der Waals surface area (Å²) in [6.07, 6.45) is -5.36. The molecular formula is C30H33F6N5O6S2. The van der Waals surface area contributed by atoms with E-state index in [4.69, 9.17) is 4.74 Å². The first-order valence-corrected chi connectivity index (χ1v) is 18.1. The quantitative estimate of drug-likeness (QED) is 0.173. The van der Waals surface area contributed by atoms with E-state index in [1.165, 1.54) is 55.9 Å². The first-order chi connectivity index (χ1) is 22.8. The van der Waals surface area contributed by atoms with Gasteiger partial charge < -0.3 is 19.1 Å². The molecule has 0 N–H and O–H groups in total. The Morgan fingerprint density at radius 1 is 0.959 bits per heavy atom. The highest BCUT2D eigenvalue weighted by Gasteiger charge is 2.40. The Bertz CT molecular complexity index is 2000. The molecule has 0 aliphatic carbocycles. The lowest BCUT2D eigenvalue weighted by Gasteiger charge is -2.26. The molecule has 49 heavy (non-hydrogen) atoms. The Morgan fingerprint density at radius 2 is 1.65 bits per heavy atom. The molecule has 19 heteroatoms. The second-order valence-electron chi connectivity index (χ2n) is 11.4. The van der Waals surface area contributed by atoms with E-state index in [-0.39, 0.29) is 73.6 Å². The zero-order valence-corrected chi connectivity index (χ0v) is 28.0. The van der Waals surface area contributed by atoms with Crippen LogP contribution in [0.25, 0.3) is 17.1 Å². The van der Waals surface area contributed by atoms with Crippen molar-refractivity contribution >= 4 is 48.6 Å². The van der Waals surface area contributed by atoms with Crippen LogP contribution in [0.4, 0.5) is 37.7 Å². The van der Waals surface area contributed by atoms with Gasteiger partial charge in [0.05, 0.1) is 58.8 Å². The molecule has 0 atom stereocenters. The number of aromatic nitrogens is 2. The lowest BCUT2D eigenvalue weighted by molar-refractivity contribution is -0.647. The number of aryl methyl sites for hydroxylation is 2. The van der Waals surface area contributed by atoms with Gasteiger partial charge in [0.2, 0.25) is 10.0 Å². The number of hydrogen-bond acceptors (Lipinski definition) is 8. The highest BCUT2D eigenvalue weighted by atomic mass is 32.2. The van der Waals surface area contributed by atoms with Crippen LogP contribution in [0.3, 0.4) is 0 Å². The Morgan fingerprint density at radius 3 is 2.27 bits per heavy atom. The summed E-state index contributed by atoms with van der Waals surface area (Å²) in [5.74, 6) is -0.425. The molecule has 0 amide bonds. The Labute approximate surface area is 279 Å². The molecule has 1 saturated heterocycles. The number of morpholine rings is 1. The van der Waals surface area contributed by atoms with Crippen molar-refractivity contribution in [2.45, 2.75) is 37.1 Å². The fourth-order valence-corrected chi connectivity index (χ4v) is 7.89. The number of fused-ring (bicyclic) bond motifs is 2. The molecule has 0 unspecified atom stereocenters. The number of benzene rings is 2. The molecule has 1 fully saturated rings. The van der Waals surface area contributed by atoms with Crippen molar-refractivity contribution in [3.63, 3.8) is 0 Å². The third-order valence-electron chi connectivity index (χ3n) is 8.18. The third kappa shape index (κ3) is 7.90. The lowest BCUT2D eigenvalue weighted by atomic mass is 10.2. The Balaban J connectivity index is 1.58. The normalized spacial score (nSPS) is 17.6. The van der Waals surface area contributed by atoms with E-state index in [1.807, 2.05) is 0 Å². The van der Waals surface area contributed by atoms with Crippen LogP contribution in [-0.2, 0) is 44.6 Å². The van der Waals surface area contributed by atoms with Crippen molar-refractivity contribution in [3.8, 4) is 0 Å². The minimum absolute atomic E-state index is 0.0198. The molecule has 2 aliphatic heterocycles. The number of nitrogens with zero attached hydrogens (tertiary/aromatic N) is 5. The van der Waals surface area contributed by atoms with Crippen LogP contribution in [0.1, 0.15) is 24.7 Å². The van der Waals surface area contributed by atoms with Gasteiger partial charge in [-0.05, 0) is 49.8 Å². The highest BCUT2D eigenvalue weighted by molar-refractivity contribution is 7.89. The van der Waals surface area contributed by atoms with Gasteiger partial charge in [0.25, 0.3) is 5.82 Å². The van der Waals surface area contributed by atoms with Crippen LogP contribution < -0.4 is 14.4 Å². The van der Waals surface area contributed by atoms with Gasteiger partial charge in [-0.1, -0.05) is 6.08 Å². The van der Waals surface area contributed by atoms with E-state index in [0.29, 0.717) is 11.2 Å². The first-order valence-electron chi connectivity index (χ1n) is 15.1. The maximum atomic E-state index is 14.0. The standard InChI is InChI=1S/C30H33F6N5O6S2/c1-3-39-24-11-9-22(49(45,46)38-13-15-47-16-14-38)19-26(24)41(20-29(31,32)33)28(39)7-4-6-27-37(2)23-10-8-21(30(34,35)36)18-25(23)40(27)12-5-17-48(42,43)44/h4,6-11,18-19H,3,5,12-17,20H2,1-2H3. The van der Waals surface area contributed by atoms with Crippen LogP contribution in [0.2, 0.25) is 0 Å². The van der Waals surface area contributed by atoms with Crippen LogP contribution in [0, 0.1) is 0 Å². The largest absolute Gasteiger partial charge is 0.748 e. The Hall–Kier alpha value is -3.65. The maximum Gasteiger partial charge on any atom is 0.416 e. The highest BCUT2D eigenvalue weighted by Crippen LogP contribution is 2.44. The molecule has 3 heterocycles. The van der Waals surface area contributed by atoms with Gasteiger partial charge in [0.15, 0.2) is 11.0 Å². The van der Waals surface area contributed by atoms with Crippen molar-refractivity contribution in [3.05, 3.63) is 65.8 Å². The van der Waals surface area contributed by atoms with Crippen molar-refractivity contribution in [1.29, 1.82) is 0 Å². The molecular weight excluding hydrogens is 704 g/mol. The molecule has 0 bridgehead atoms. The van der Waals surface area contributed by atoms with E-state index in [2.05, 4.69) is 0 Å². The number of sulfonamides is 1. The van der Waals surface area contributed by atoms with Gasteiger partial charge in [-0.15, -0.1) is 0 Å². The molecule has 268 valence electrons. The van der Waals surface area contributed by atoms with Crippen LogP contribution >= 0.6 is 0 Å². The smallest absolute Gasteiger partial charge is 0.416 e. The van der Waals surface area contributed by atoms with Crippen molar-refractivity contribution in [2.24, 2.45) is 7.05 Å². The van der Waals surface area contributed by atoms with Gasteiger partial charge in [0, 0.05) is 37.5 Å². The SMILES string of the molecule is CCN1/C(=C\C=C\c2n(CCCS(=O)(=O)[O-])c3cc(C(F)(F)F)ccc3[n+]2C)N(CC(F)(F)F)c2cc(S(=O)(=O)N3CCOCC3)ccc21. The third-order valence-corrected chi connectivity index (χ3v) is 10.9. The monoisotopic (exact) mass is 737 g/mol. The van der Waals surface area contributed by atoms with E-state index in [0.717, 1.165) is 17.0 Å². The molecule has 0 spiro atoms. The first kappa shape index (κ1) is 36.6. The van der Waals surface area contributed by atoms with Crippen molar-refractivity contribution < 1.29 is 57.0 Å². The van der Waals surface area contributed by atoms with Crippen molar-refractivity contribution in [1.82, 2.24) is 8.87 Å². The topological polar surface area (TPSA) is 119 Å². The predicted octanol–water partition coefficient (Wildman–Crippen LogP) is 4.20. The number of hydrogen-bond donors (Lipinski definition) is 0. The van der Waals surface area contributed by atoms with E-state index in [9.17, 15) is 47.7 Å². The minimum atomic E-state index is -4.69. The molecule has 5 rings (SSSR count). The maximum absolute atomic E-state index is 14.0. The molecule has 0 saturated carbocycles. The number of anilines is 2. The van der Waals surface area contributed by atoms with Gasteiger partial charge in [0.1, 0.15) is 12.4 Å². The average molecular weight is 738 g/mol. The number of ether oxygens (including phenoxy) is 1. The summed E-state index contributed by atoms with van der Waals surface area (Å²) < 4.78 is 152. The fourth-order valence-electron chi connectivity index (χ4n) is 5.98. The molecule has 2 aromatic carbocycles. The van der Waals surface area contributed by atoms with E-state index in [1.54, 1.807) is 18.9 Å². The minimum Gasteiger partial charge on any atom is -0.748 e. The lowest BCUT2D eigenvalue weighted by Crippen LogP contribution is -2.40. The summed E-state index contributed by atoms with van der Waals surface area (Å²) >= 11 is 0. The second kappa shape index (κ2) is 13.6. The van der Waals surface area contributed by atoms with Gasteiger partial charge in [-0.3, -0.25) is 0 Å². The second-order valence-corrected chi connectivity index (χ2v) is 14.8. The number of allylic oxidation sites excluding steroid dienone is 2. The number of alkyl halides is 6. The summed E-state index contributed by atoms with van der Waals surface area (Å²) in [6.45, 7) is 0.878.